The van der Waals surface area contributed by atoms with Crippen molar-refractivity contribution in [1.29, 1.82) is 0 Å². The number of benzene rings is 1. The molecular formula is C16H22ClNO6S. The molecule has 25 heavy (non-hydrogen) atoms. The van der Waals surface area contributed by atoms with E-state index in [1.54, 1.807) is 24.3 Å². The number of carboxylic acid groups (broad SMARTS) is 1. The molecule has 0 radical (unpaired) electrons. The van der Waals surface area contributed by atoms with Crippen LogP contribution < -0.4 is 10.1 Å². The number of carbonyl (C=O) groups is 2. The number of halogens is 1. The molecule has 0 saturated heterocycles. The molecule has 0 fully saturated rings. The van der Waals surface area contributed by atoms with Gasteiger partial charge in [0.15, 0.2) is 0 Å². The highest BCUT2D eigenvalue weighted by Gasteiger charge is 2.22. The second-order valence-electron chi connectivity index (χ2n) is 5.39. The van der Waals surface area contributed by atoms with Gasteiger partial charge in [0, 0.05) is 17.2 Å². The lowest BCUT2D eigenvalue weighted by molar-refractivity contribution is -0.141. The number of carbonyl (C=O) groups excluding carboxylic acids is 1. The first-order valence-electron chi connectivity index (χ1n) is 7.84. The first-order chi connectivity index (χ1) is 11.7. The summed E-state index contributed by atoms with van der Waals surface area (Å²) in [6.45, 7) is 1.78. The number of sulfone groups is 1. The van der Waals surface area contributed by atoms with Gasteiger partial charge < -0.3 is 15.2 Å². The molecule has 1 unspecified atom stereocenters. The van der Waals surface area contributed by atoms with Crippen LogP contribution in [0.2, 0.25) is 5.02 Å². The van der Waals surface area contributed by atoms with Crippen molar-refractivity contribution in [2.24, 2.45) is 0 Å². The number of aliphatic carboxylic acids is 1. The summed E-state index contributed by atoms with van der Waals surface area (Å²) in [5.41, 5.74) is 0. The highest BCUT2D eigenvalue weighted by atomic mass is 35.5. The molecule has 140 valence electrons. The Labute approximate surface area is 152 Å². The summed E-state index contributed by atoms with van der Waals surface area (Å²) in [6.07, 6.45) is 0.324. The highest BCUT2D eigenvalue weighted by Crippen LogP contribution is 2.15. The van der Waals surface area contributed by atoms with Crippen molar-refractivity contribution < 1.29 is 27.9 Å². The summed E-state index contributed by atoms with van der Waals surface area (Å²) in [7, 11) is -3.28. The van der Waals surface area contributed by atoms with Crippen LogP contribution in [0.25, 0.3) is 0 Å². The molecule has 0 aliphatic heterocycles. The number of carboxylic acids is 1. The van der Waals surface area contributed by atoms with E-state index in [0.29, 0.717) is 17.2 Å². The highest BCUT2D eigenvalue weighted by molar-refractivity contribution is 7.91. The van der Waals surface area contributed by atoms with Crippen molar-refractivity contribution in [3.63, 3.8) is 0 Å². The first-order valence-corrected chi connectivity index (χ1v) is 10.0. The fraction of sp³-hybridized carbons (Fsp3) is 0.500. The van der Waals surface area contributed by atoms with Crippen molar-refractivity contribution >= 4 is 33.3 Å². The average molecular weight is 392 g/mol. The molecule has 0 saturated carbocycles. The molecule has 7 nitrogen and oxygen atoms in total. The largest absolute Gasteiger partial charge is 0.494 e. The lowest BCUT2D eigenvalue weighted by Crippen LogP contribution is -2.42. The Morgan fingerprint density at radius 3 is 2.48 bits per heavy atom. The SMILES string of the molecule is CCS(=O)(=O)CCC(NC(=O)CCCOc1ccc(Cl)cc1)C(=O)O. The third kappa shape index (κ3) is 8.74. The van der Waals surface area contributed by atoms with E-state index in [9.17, 15) is 18.0 Å². The van der Waals surface area contributed by atoms with Crippen molar-refractivity contribution in [3.05, 3.63) is 29.3 Å². The van der Waals surface area contributed by atoms with Crippen LogP contribution in [-0.2, 0) is 19.4 Å². The van der Waals surface area contributed by atoms with E-state index in [2.05, 4.69) is 5.32 Å². The van der Waals surface area contributed by atoms with Gasteiger partial charge in [-0.15, -0.1) is 0 Å². The number of rotatable bonds is 11. The monoisotopic (exact) mass is 391 g/mol. The third-order valence-corrected chi connectivity index (χ3v) is 5.41. The molecule has 1 aromatic rings. The topological polar surface area (TPSA) is 110 Å². The molecule has 1 amide bonds. The minimum atomic E-state index is -3.28. The molecule has 0 aromatic heterocycles. The Hall–Kier alpha value is -1.80. The Morgan fingerprint density at radius 1 is 1.28 bits per heavy atom. The maximum Gasteiger partial charge on any atom is 0.326 e. The molecule has 1 atom stereocenters. The zero-order valence-corrected chi connectivity index (χ0v) is 15.5. The van der Waals surface area contributed by atoms with Gasteiger partial charge in [0.2, 0.25) is 5.91 Å². The van der Waals surface area contributed by atoms with E-state index in [-0.39, 0.29) is 31.0 Å². The van der Waals surface area contributed by atoms with Crippen molar-refractivity contribution in [3.8, 4) is 5.75 Å². The van der Waals surface area contributed by atoms with Gasteiger partial charge in [-0.05, 0) is 37.1 Å². The van der Waals surface area contributed by atoms with Gasteiger partial charge in [0.1, 0.15) is 21.6 Å². The smallest absolute Gasteiger partial charge is 0.326 e. The third-order valence-electron chi connectivity index (χ3n) is 3.42. The van der Waals surface area contributed by atoms with Crippen LogP contribution in [0.3, 0.4) is 0 Å². The van der Waals surface area contributed by atoms with Gasteiger partial charge in [0.25, 0.3) is 0 Å². The Morgan fingerprint density at radius 2 is 1.92 bits per heavy atom. The van der Waals surface area contributed by atoms with Crippen LogP contribution in [0.1, 0.15) is 26.2 Å². The number of ether oxygens (including phenoxy) is 1. The Balaban J connectivity index is 2.34. The number of amides is 1. The molecule has 0 bridgehead atoms. The van der Waals surface area contributed by atoms with Crippen molar-refractivity contribution in [1.82, 2.24) is 5.32 Å². The van der Waals surface area contributed by atoms with Crippen LogP contribution in [-0.4, -0.2) is 49.6 Å². The predicted molar refractivity (Wildman–Crippen MR) is 94.7 cm³/mol. The molecule has 0 heterocycles. The van der Waals surface area contributed by atoms with Crippen molar-refractivity contribution in [2.45, 2.75) is 32.2 Å². The Kier molecular flexibility index (Phi) is 8.71. The van der Waals surface area contributed by atoms with Gasteiger partial charge in [-0.3, -0.25) is 4.79 Å². The number of hydrogen-bond donors (Lipinski definition) is 2. The van der Waals surface area contributed by atoms with Gasteiger partial charge in [-0.2, -0.15) is 0 Å². The minimum absolute atomic E-state index is 0.0602. The van der Waals surface area contributed by atoms with E-state index in [0.717, 1.165) is 0 Å². The van der Waals surface area contributed by atoms with Crippen LogP contribution in [0, 0.1) is 0 Å². The maximum absolute atomic E-state index is 11.8. The molecule has 0 aliphatic carbocycles. The average Bonchev–Trinajstić information content (AvgIpc) is 2.56. The summed E-state index contributed by atoms with van der Waals surface area (Å²) in [5, 5.41) is 12.0. The normalized spacial score (nSPS) is 12.4. The predicted octanol–water partition coefficient (Wildman–Crippen LogP) is 1.89. The van der Waals surface area contributed by atoms with E-state index >= 15 is 0 Å². The van der Waals surface area contributed by atoms with Crippen LogP contribution in [0.15, 0.2) is 24.3 Å². The zero-order valence-electron chi connectivity index (χ0n) is 13.9. The van der Waals surface area contributed by atoms with Crippen molar-refractivity contribution in [2.75, 3.05) is 18.1 Å². The van der Waals surface area contributed by atoms with E-state index in [1.807, 2.05) is 0 Å². The summed E-state index contributed by atoms with van der Waals surface area (Å²) < 4.78 is 28.3. The maximum atomic E-state index is 11.8. The molecule has 2 N–H and O–H groups in total. The lowest BCUT2D eigenvalue weighted by Gasteiger charge is -2.14. The molecular weight excluding hydrogens is 370 g/mol. The van der Waals surface area contributed by atoms with Crippen LogP contribution in [0.4, 0.5) is 0 Å². The molecule has 0 spiro atoms. The standard InChI is InChI=1S/C16H22ClNO6S/c1-2-25(22,23)11-9-14(16(20)21)18-15(19)4-3-10-24-13-7-5-12(17)6-8-13/h5-8,14H,2-4,9-11H2,1H3,(H,18,19)(H,20,21). The van der Waals surface area contributed by atoms with E-state index < -0.39 is 27.8 Å². The fourth-order valence-corrected chi connectivity index (χ4v) is 2.93. The zero-order chi connectivity index (χ0) is 18.9. The summed E-state index contributed by atoms with van der Waals surface area (Å²) in [4.78, 5) is 22.9. The number of hydrogen-bond acceptors (Lipinski definition) is 5. The van der Waals surface area contributed by atoms with Gasteiger partial charge in [-0.25, -0.2) is 13.2 Å². The first kappa shape index (κ1) is 21.2. The summed E-state index contributed by atoms with van der Waals surface area (Å²) in [6, 6.07) is 5.57. The molecule has 0 aliphatic rings. The molecule has 9 heteroatoms. The minimum Gasteiger partial charge on any atom is -0.494 e. The summed E-state index contributed by atoms with van der Waals surface area (Å²) in [5.74, 6) is -1.42. The van der Waals surface area contributed by atoms with Gasteiger partial charge >= 0.3 is 5.97 Å². The van der Waals surface area contributed by atoms with Crippen LogP contribution in [0.5, 0.6) is 5.75 Å². The summed E-state index contributed by atoms with van der Waals surface area (Å²) >= 11 is 5.76. The molecule has 1 aromatic carbocycles. The lowest BCUT2D eigenvalue weighted by atomic mass is 10.2. The Bertz CT molecular complexity index is 674. The second-order valence-corrected chi connectivity index (χ2v) is 8.30. The number of nitrogens with one attached hydrogen (secondary N) is 1. The quantitative estimate of drug-likeness (QED) is 0.557. The van der Waals surface area contributed by atoms with Gasteiger partial charge in [0.05, 0.1) is 12.4 Å². The van der Waals surface area contributed by atoms with E-state index in [4.69, 9.17) is 21.4 Å². The fourth-order valence-electron chi connectivity index (χ4n) is 1.92. The van der Waals surface area contributed by atoms with Crippen LogP contribution >= 0.6 is 11.6 Å². The van der Waals surface area contributed by atoms with Gasteiger partial charge in [-0.1, -0.05) is 18.5 Å². The molecule has 1 rings (SSSR count). The second kappa shape index (κ2) is 10.2. The van der Waals surface area contributed by atoms with E-state index in [1.165, 1.54) is 6.92 Å².